The van der Waals surface area contributed by atoms with Gasteiger partial charge in [0.05, 0.1) is 17.6 Å². The molecule has 0 atom stereocenters. The van der Waals surface area contributed by atoms with E-state index in [1.165, 1.54) is 0 Å². The molecule has 1 fully saturated rings. The Bertz CT molecular complexity index is 539. The zero-order valence-electron chi connectivity index (χ0n) is 11.3. The van der Waals surface area contributed by atoms with Crippen LogP contribution in [0, 0.1) is 6.92 Å². The number of aromatic nitrogens is 3. The van der Waals surface area contributed by atoms with Crippen LogP contribution >= 0.6 is 11.3 Å². The summed E-state index contributed by atoms with van der Waals surface area (Å²) in [7, 11) is 1.94. The Labute approximate surface area is 117 Å². The maximum Gasteiger partial charge on any atom is 0.185 e. The Kier molecular flexibility index (Phi) is 3.42. The number of anilines is 2. The molecule has 0 unspecified atom stereocenters. The summed E-state index contributed by atoms with van der Waals surface area (Å²) in [5, 5.41) is 11.0. The van der Waals surface area contributed by atoms with Gasteiger partial charge >= 0.3 is 0 Å². The highest BCUT2D eigenvalue weighted by Crippen LogP contribution is 2.24. The van der Waals surface area contributed by atoms with Gasteiger partial charge in [0, 0.05) is 37.8 Å². The molecule has 0 saturated carbocycles. The lowest BCUT2D eigenvalue weighted by Crippen LogP contribution is -2.39. The molecule has 1 aliphatic rings. The predicted molar refractivity (Wildman–Crippen MR) is 78.9 cm³/mol. The zero-order valence-corrected chi connectivity index (χ0v) is 12.2. The van der Waals surface area contributed by atoms with Crippen LogP contribution in [0.1, 0.15) is 18.5 Å². The lowest BCUT2D eigenvalue weighted by Gasteiger charge is -2.32. The highest BCUT2D eigenvalue weighted by atomic mass is 32.1. The van der Waals surface area contributed by atoms with Crippen LogP contribution in [0.2, 0.25) is 0 Å². The standard InChI is InChI=1S/C13H19N5S/c1-10-9-19-13(15-10)18-5-3-11(4-6-18)16-12-7-14-17(2)8-12/h7-9,11,16H,3-6H2,1-2H3. The number of nitrogens with zero attached hydrogens (tertiary/aromatic N) is 4. The summed E-state index contributed by atoms with van der Waals surface area (Å²) in [5.41, 5.74) is 2.24. The summed E-state index contributed by atoms with van der Waals surface area (Å²) >= 11 is 1.75. The van der Waals surface area contributed by atoms with Gasteiger partial charge in [0.2, 0.25) is 0 Å². The molecule has 1 saturated heterocycles. The minimum Gasteiger partial charge on any atom is -0.380 e. The zero-order chi connectivity index (χ0) is 13.2. The lowest BCUT2D eigenvalue weighted by atomic mass is 10.1. The van der Waals surface area contributed by atoms with Gasteiger partial charge in [-0.3, -0.25) is 4.68 Å². The number of rotatable bonds is 3. The van der Waals surface area contributed by atoms with Crippen LogP contribution in [0.5, 0.6) is 0 Å². The highest BCUT2D eigenvalue weighted by molar-refractivity contribution is 7.13. The number of nitrogens with one attached hydrogen (secondary N) is 1. The molecule has 102 valence electrons. The topological polar surface area (TPSA) is 46.0 Å². The maximum atomic E-state index is 4.56. The van der Waals surface area contributed by atoms with Crippen molar-refractivity contribution in [1.29, 1.82) is 0 Å². The number of hydrogen-bond acceptors (Lipinski definition) is 5. The van der Waals surface area contributed by atoms with Crippen LogP contribution < -0.4 is 10.2 Å². The van der Waals surface area contributed by atoms with Gasteiger partial charge in [-0.2, -0.15) is 5.10 Å². The van der Waals surface area contributed by atoms with E-state index in [1.807, 2.05) is 24.1 Å². The van der Waals surface area contributed by atoms with Crippen molar-refractivity contribution < 1.29 is 0 Å². The van der Waals surface area contributed by atoms with Gasteiger partial charge in [-0.25, -0.2) is 4.98 Å². The fraction of sp³-hybridized carbons (Fsp3) is 0.538. The molecule has 0 aliphatic carbocycles. The third-order valence-corrected chi connectivity index (χ3v) is 4.47. The average molecular weight is 277 g/mol. The van der Waals surface area contributed by atoms with Gasteiger partial charge in [-0.05, 0) is 19.8 Å². The van der Waals surface area contributed by atoms with Gasteiger partial charge in [0.15, 0.2) is 5.13 Å². The first-order valence-corrected chi connectivity index (χ1v) is 7.51. The molecule has 6 heteroatoms. The van der Waals surface area contributed by atoms with Crippen LogP contribution in [-0.2, 0) is 7.05 Å². The first-order valence-electron chi connectivity index (χ1n) is 6.63. The molecule has 0 aromatic carbocycles. The van der Waals surface area contributed by atoms with Crippen molar-refractivity contribution in [2.45, 2.75) is 25.8 Å². The van der Waals surface area contributed by atoms with Crippen LogP contribution in [-0.4, -0.2) is 33.9 Å². The molecule has 2 aromatic heterocycles. The van der Waals surface area contributed by atoms with E-state index >= 15 is 0 Å². The van der Waals surface area contributed by atoms with E-state index in [9.17, 15) is 0 Å². The van der Waals surface area contributed by atoms with E-state index in [1.54, 1.807) is 11.3 Å². The van der Waals surface area contributed by atoms with Crippen molar-refractivity contribution >= 4 is 22.2 Å². The fourth-order valence-corrected chi connectivity index (χ4v) is 3.29. The van der Waals surface area contributed by atoms with Gasteiger partial charge in [-0.15, -0.1) is 11.3 Å². The van der Waals surface area contributed by atoms with Crippen LogP contribution in [0.4, 0.5) is 10.8 Å². The highest BCUT2D eigenvalue weighted by Gasteiger charge is 2.21. The van der Waals surface area contributed by atoms with Gasteiger partial charge in [0.25, 0.3) is 0 Å². The number of thiazole rings is 1. The maximum absolute atomic E-state index is 4.56. The molecule has 0 spiro atoms. The SMILES string of the molecule is Cc1csc(N2CCC(Nc3cnn(C)c3)CC2)n1. The molecular formula is C13H19N5S. The Morgan fingerprint density at radius 1 is 1.37 bits per heavy atom. The number of aryl methyl sites for hydroxylation is 2. The molecule has 2 aromatic rings. The van der Waals surface area contributed by atoms with Crippen molar-refractivity contribution in [3.63, 3.8) is 0 Å². The van der Waals surface area contributed by atoms with Gasteiger partial charge < -0.3 is 10.2 Å². The second kappa shape index (κ2) is 5.21. The van der Waals surface area contributed by atoms with Crippen molar-refractivity contribution in [2.24, 2.45) is 7.05 Å². The molecule has 0 radical (unpaired) electrons. The summed E-state index contributed by atoms with van der Waals surface area (Å²) in [4.78, 5) is 6.95. The minimum atomic E-state index is 0.543. The summed E-state index contributed by atoms with van der Waals surface area (Å²) < 4.78 is 1.83. The number of hydrogen-bond donors (Lipinski definition) is 1. The van der Waals surface area contributed by atoms with Crippen molar-refractivity contribution in [3.8, 4) is 0 Å². The second-order valence-corrected chi connectivity index (χ2v) is 5.92. The first-order chi connectivity index (χ1) is 9.20. The predicted octanol–water partition coefficient (Wildman–Crippen LogP) is 2.27. The van der Waals surface area contributed by atoms with E-state index in [4.69, 9.17) is 0 Å². The van der Waals surface area contributed by atoms with Crippen LogP contribution in [0.3, 0.4) is 0 Å². The molecule has 19 heavy (non-hydrogen) atoms. The van der Waals surface area contributed by atoms with E-state index in [-0.39, 0.29) is 0 Å². The average Bonchev–Trinajstić information content (AvgIpc) is 3.00. The molecule has 3 rings (SSSR count). The van der Waals surface area contributed by atoms with Crippen LogP contribution in [0.25, 0.3) is 0 Å². The van der Waals surface area contributed by atoms with Gasteiger partial charge in [0.1, 0.15) is 0 Å². The quantitative estimate of drug-likeness (QED) is 0.935. The molecular weight excluding hydrogens is 258 g/mol. The molecule has 0 bridgehead atoms. The van der Waals surface area contributed by atoms with Crippen molar-refractivity contribution in [3.05, 3.63) is 23.5 Å². The first kappa shape index (κ1) is 12.5. The van der Waals surface area contributed by atoms with E-state index in [0.29, 0.717) is 6.04 Å². The monoisotopic (exact) mass is 277 g/mol. The van der Waals surface area contributed by atoms with E-state index in [2.05, 4.69) is 32.6 Å². The molecule has 1 aliphatic heterocycles. The Morgan fingerprint density at radius 2 is 2.16 bits per heavy atom. The number of piperidine rings is 1. The fourth-order valence-electron chi connectivity index (χ4n) is 2.43. The molecule has 0 amide bonds. The van der Waals surface area contributed by atoms with Crippen molar-refractivity contribution in [2.75, 3.05) is 23.3 Å². The van der Waals surface area contributed by atoms with Crippen molar-refractivity contribution in [1.82, 2.24) is 14.8 Å². The summed E-state index contributed by atoms with van der Waals surface area (Å²) in [6.07, 6.45) is 6.20. The molecule has 3 heterocycles. The second-order valence-electron chi connectivity index (χ2n) is 5.08. The smallest absolute Gasteiger partial charge is 0.185 e. The third-order valence-electron chi connectivity index (χ3n) is 3.45. The Morgan fingerprint density at radius 3 is 2.74 bits per heavy atom. The van der Waals surface area contributed by atoms with E-state index < -0.39 is 0 Å². The van der Waals surface area contributed by atoms with E-state index in [0.717, 1.165) is 42.4 Å². The summed E-state index contributed by atoms with van der Waals surface area (Å²) in [5.74, 6) is 0. The van der Waals surface area contributed by atoms with Crippen LogP contribution in [0.15, 0.2) is 17.8 Å². The minimum absolute atomic E-state index is 0.543. The summed E-state index contributed by atoms with van der Waals surface area (Å²) in [6, 6.07) is 0.543. The largest absolute Gasteiger partial charge is 0.380 e. The summed E-state index contributed by atoms with van der Waals surface area (Å²) in [6.45, 7) is 4.20. The Balaban J connectivity index is 1.54. The lowest BCUT2D eigenvalue weighted by molar-refractivity contribution is 0.526. The normalized spacial score (nSPS) is 16.8. The Hall–Kier alpha value is -1.56. The van der Waals surface area contributed by atoms with Gasteiger partial charge in [-0.1, -0.05) is 0 Å². The third kappa shape index (κ3) is 2.89. The molecule has 5 nitrogen and oxygen atoms in total. The molecule has 1 N–H and O–H groups in total.